The third kappa shape index (κ3) is 2.24. The van der Waals surface area contributed by atoms with E-state index in [2.05, 4.69) is 9.97 Å². The Kier molecular flexibility index (Phi) is 3.12. The van der Waals surface area contributed by atoms with Gasteiger partial charge in [-0.2, -0.15) is 0 Å². The molecule has 1 fully saturated rings. The Bertz CT molecular complexity index is 740. The Labute approximate surface area is 117 Å². The highest BCUT2D eigenvalue weighted by Gasteiger charge is 2.45. The molecule has 3 atom stereocenters. The molecule has 1 aliphatic carbocycles. The molecule has 0 saturated heterocycles. The smallest absolute Gasteiger partial charge is 0.223 e. The zero-order valence-electron chi connectivity index (χ0n) is 11.4. The fourth-order valence-corrected chi connectivity index (χ4v) is 4.14. The summed E-state index contributed by atoms with van der Waals surface area (Å²) >= 11 is 0. The summed E-state index contributed by atoms with van der Waals surface area (Å²) in [6, 6.07) is 3.79. The van der Waals surface area contributed by atoms with Crippen LogP contribution in [0.5, 0.6) is 5.88 Å². The lowest BCUT2D eigenvalue weighted by Gasteiger charge is -2.40. The summed E-state index contributed by atoms with van der Waals surface area (Å²) in [5.74, 6) is 0.512. The highest BCUT2D eigenvalue weighted by atomic mass is 32.2. The van der Waals surface area contributed by atoms with Gasteiger partial charge in [-0.1, -0.05) is 6.92 Å². The third-order valence-electron chi connectivity index (χ3n) is 3.98. The predicted molar refractivity (Wildman–Crippen MR) is 76.4 cm³/mol. The molecule has 0 bridgehead atoms. The number of hydrogen-bond acceptors (Lipinski definition) is 5. The largest absolute Gasteiger partial charge is 0.473 e. The fraction of sp³-hybridized carbons (Fsp3) is 0.429. The van der Waals surface area contributed by atoms with Gasteiger partial charge in [0.15, 0.2) is 9.84 Å². The van der Waals surface area contributed by atoms with Gasteiger partial charge in [-0.25, -0.2) is 13.4 Å². The van der Waals surface area contributed by atoms with E-state index in [-0.39, 0.29) is 17.3 Å². The highest BCUT2D eigenvalue weighted by Crippen LogP contribution is 2.37. The van der Waals surface area contributed by atoms with Crippen molar-refractivity contribution in [2.75, 3.05) is 6.26 Å². The molecule has 6 heteroatoms. The first-order valence-corrected chi connectivity index (χ1v) is 8.46. The van der Waals surface area contributed by atoms with E-state index in [0.717, 1.165) is 10.8 Å². The molecule has 1 aliphatic rings. The van der Waals surface area contributed by atoms with Crippen molar-refractivity contribution < 1.29 is 13.2 Å². The van der Waals surface area contributed by atoms with E-state index in [0.29, 0.717) is 12.3 Å². The van der Waals surface area contributed by atoms with Crippen molar-refractivity contribution in [3.05, 3.63) is 30.7 Å². The normalized spacial score (nSPS) is 26.2. The number of hydrogen-bond donors (Lipinski definition) is 0. The van der Waals surface area contributed by atoms with Crippen LogP contribution in [-0.2, 0) is 9.84 Å². The number of pyridine rings is 2. The molecule has 106 valence electrons. The number of ether oxygens (including phenoxy) is 1. The lowest BCUT2D eigenvalue weighted by molar-refractivity contribution is 0.0590. The van der Waals surface area contributed by atoms with Gasteiger partial charge >= 0.3 is 0 Å². The molecule has 1 saturated carbocycles. The highest BCUT2D eigenvalue weighted by molar-refractivity contribution is 7.91. The van der Waals surface area contributed by atoms with Gasteiger partial charge in [-0.05, 0) is 17.5 Å². The Balaban J connectivity index is 1.82. The van der Waals surface area contributed by atoms with Gasteiger partial charge in [0.1, 0.15) is 6.10 Å². The maximum Gasteiger partial charge on any atom is 0.223 e. The number of nitrogens with zero attached hydrogens (tertiary/aromatic N) is 2. The van der Waals surface area contributed by atoms with Crippen LogP contribution in [0.3, 0.4) is 0 Å². The second-order valence-corrected chi connectivity index (χ2v) is 7.60. The summed E-state index contributed by atoms with van der Waals surface area (Å²) < 4.78 is 29.0. The van der Waals surface area contributed by atoms with Crippen molar-refractivity contribution in [2.45, 2.75) is 24.7 Å². The van der Waals surface area contributed by atoms with E-state index in [1.807, 2.05) is 19.1 Å². The first-order valence-electron chi connectivity index (χ1n) is 6.51. The molecular formula is C14H16N2O3S. The van der Waals surface area contributed by atoms with Crippen LogP contribution in [0.15, 0.2) is 30.7 Å². The van der Waals surface area contributed by atoms with Gasteiger partial charge in [-0.15, -0.1) is 0 Å². The summed E-state index contributed by atoms with van der Waals surface area (Å²) in [6.07, 6.45) is 6.83. The molecule has 0 spiro atoms. The standard InChI is InChI=1S/C14H16N2O3S/c1-9-12(7-13(9)20(2,17)18)19-14-11-8-15-5-3-10(11)4-6-16-14/h3-6,8-9,12-13H,7H2,1-2H3/t9-,12+,13+/m0/s1. The van der Waals surface area contributed by atoms with E-state index < -0.39 is 9.84 Å². The van der Waals surface area contributed by atoms with E-state index in [1.165, 1.54) is 6.26 Å². The first kappa shape index (κ1) is 13.3. The first-order chi connectivity index (χ1) is 9.47. The SMILES string of the molecule is C[C@@H]1[C@H](S(C)(=O)=O)C[C@H]1Oc1nccc2ccncc12. The maximum atomic E-state index is 11.6. The summed E-state index contributed by atoms with van der Waals surface area (Å²) in [5.41, 5.74) is 0. The van der Waals surface area contributed by atoms with Crippen LogP contribution < -0.4 is 4.74 Å². The van der Waals surface area contributed by atoms with Crippen LogP contribution in [0.25, 0.3) is 10.8 Å². The summed E-state index contributed by atoms with van der Waals surface area (Å²) in [5, 5.41) is 1.56. The number of aromatic nitrogens is 2. The summed E-state index contributed by atoms with van der Waals surface area (Å²) in [4.78, 5) is 8.32. The maximum absolute atomic E-state index is 11.6. The molecular weight excluding hydrogens is 276 g/mol. The minimum absolute atomic E-state index is 0.0151. The van der Waals surface area contributed by atoms with Crippen LogP contribution >= 0.6 is 0 Å². The molecule has 0 N–H and O–H groups in total. The minimum atomic E-state index is -3.00. The van der Waals surface area contributed by atoms with E-state index in [4.69, 9.17) is 4.74 Å². The van der Waals surface area contributed by atoms with Crippen LogP contribution in [-0.4, -0.2) is 36.0 Å². The molecule has 0 radical (unpaired) electrons. The van der Waals surface area contributed by atoms with Crippen molar-refractivity contribution >= 4 is 20.6 Å². The second-order valence-electron chi connectivity index (χ2n) is 5.33. The number of sulfone groups is 1. The Hall–Kier alpha value is -1.69. The molecule has 2 heterocycles. The van der Waals surface area contributed by atoms with E-state index in [9.17, 15) is 8.42 Å². The van der Waals surface area contributed by atoms with Crippen molar-refractivity contribution in [2.24, 2.45) is 5.92 Å². The summed E-state index contributed by atoms with van der Waals surface area (Å²) in [6.45, 7) is 1.91. The zero-order chi connectivity index (χ0) is 14.3. The van der Waals surface area contributed by atoms with Gasteiger partial charge in [0.25, 0.3) is 0 Å². The van der Waals surface area contributed by atoms with Crippen molar-refractivity contribution in [1.82, 2.24) is 9.97 Å². The Morgan fingerprint density at radius 3 is 2.75 bits per heavy atom. The molecule has 0 amide bonds. The third-order valence-corrected chi connectivity index (χ3v) is 5.70. The van der Waals surface area contributed by atoms with Gasteiger partial charge in [0.2, 0.25) is 5.88 Å². The number of fused-ring (bicyclic) bond motifs is 1. The minimum Gasteiger partial charge on any atom is -0.473 e. The van der Waals surface area contributed by atoms with E-state index in [1.54, 1.807) is 18.6 Å². The molecule has 5 nitrogen and oxygen atoms in total. The lowest BCUT2D eigenvalue weighted by atomic mass is 9.83. The van der Waals surface area contributed by atoms with Crippen molar-refractivity contribution in [1.29, 1.82) is 0 Å². The second kappa shape index (κ2) is 4.70. The van der Waals surface area contributed by atoms with Crippen LogP contribution in [0.4, 0.5) is 0 Å². The van der Waals surface area contributed by atoms with Crippen molar-refractivity contribution in [3.8, 4) is 5.88 Å². The predicted octanol–water partition coefficient (Wildman–Crippen LogP) is 1.83. The lowest BCUT2D eigenvalue weighted by Crippen LogP contribution is -2.51. The van der Waals surface area contributed by atoms with E-state index >= 15 is 0 Å². The molecule has 2 aromatic heterocycles. The Morgan fingerprint density at radius 1 is 1.30 bits per heavy atom. The topological polar surface area (TPSA) is 69.2 Å². The van der Waals surface area contributed by atoms with Crippen molar-refractivity contribution in [3.63, 3.8) is 0 Å². The van der Waals surface area contributed by atoms with Gasteiger partial charge in [0.05, 0.1) is 10.6 Å². The zero-order valence-corrected chi connectivity index (χ0v) is 12.2. The molecule has 20 heavy (non-hydrogen) atoms. The van der Waals surface area contributed by atoms with Gasteiger partial charge in [-0.3, -0.25) is 4.98 Å². The monoisotopic (exact) mass is 292 g/mol. The quantitative estimate of drug-likeness (QED) is 0.863. The molecule has 0 aromatic carbocycles. The van der Waals surface area contributed by atoms with Crippen LogP contribution in [0, 0.1) is 5.92 Å². The number of rotatable bonds is 3. The fourth-order valence-electron chi connectivity index (χ4n) is 2.64. The summed E-state index contributed by atoms with van der Waals surface area (Å²) in [7, 11) is -3.00. The van der Waals surface area contributed by atoms with Gasteiger partial charge in [0, 0.05) is 37.2 Å². The molecule has 0 unspecified atom stereocenters. The molecule has 3 rings (SSSR count). The average molecular weight is 292 g/mol. The van der Waals surface area contributed by atoms with Crippen LogP contribution in [0.1, 0.15) is 13.3 Å². The molecule has 0 aliphatic heterocycles. The Morgan fingerprint density at radius 2 is 2.05 bits per heavy atom. The average Bonchev–Trinajstić information content (AvgIpc) is 2.41. The van der Waals surface area contributed by atoms with Crippen LogP contribution in [0.2, 0.25) is 0 Å². The molecule has 2 aromatic rings. The van der Waals surface area contributed by atoms with Gasteiger partial charge < -0.3 is 4.74 Å².